The third-order valence-electron chi connectivity index (χ3n) is 2.14. The van der Waals surface area contributed by atoms with Gasteiger partial charge in [-0.3, -0.25) is 4.79 Å². The van der Waals surface area contributed by atoms with E-state index < -0.39 is 5.82 Å². The van der Waals surface area contributed by atoms with Crippen LogP contribution in [0.1, 0.15) is 10.4 Å². The average molecular weight is 225 g/mol. The molecule has 0 spiro atoms. The minimum atomic E-state index is -0.569. The molecule has 0 fully saturated rings. The number of nitrogen functional groups attached to an aromatic ring is 1. The number of hydrogen-bond donors (Lipinski definition) is 2. The molecule has 0 aromatic heterocycles. The van der Waals surface area contributed by atoms with Crippen LogP contribution in [-0.2, 0) is 0 Å². The number of amides is 1. The molecule has 0 aliphatic rings. The smallest absolute Gasteiger partial charge is 0.253 e. The van der Waals surface area contributed by atoms with Crippen LogP contribution in [0.5, 0.6) is 0 Å². The Kier molecular flexibility index (Phi) is 4.25. The van der Waals surface area contributed by atoms with Crippen LogP contribution < -0.4 is 11.1 Å². The first-order chi connectivity index (χ1) is 7.52. The number of nitrogens with zero attached hydrogens (tertiary/aromatic N) is 1. The summed E-state index contributed by atoms with van der Waals surface area (Å²) in [7, 11) is 3.81. The molecule has 0 radical (unpaired) electrons. The molecule has 0 bridgehead atoms. The molecule has 1 aromatic rings. The topological polar surface area (TPSA) is 58.4 Å². The lowest BCUT2D eigenvalue weighted by molar-refractivity contribution is 0.0951. The van der Waals surface area contributed by atoms with E-state index >= 15 is 0 Å². The molecule has 0 saturated heterocycles. The average Bonchev–Trinajstić information content (AvgIpc) is 2.21. The van der Waals surface area contributed by atoms with Crippen LogP contribution in [0.4, 0.5) is 10.1 Å². The van der Waals surface area contributed by atoms with Crippen molar-refractivity contribution in [2.75, 3.05) is 32.9 Å². The fraction of sp³-hybridized carbons (Fsp3) is 0.364. The van der Waals surface area contributed by atoms with Gasteiger partial charge in [-0.1, -0.05) is 6.07 Å². The van der Waals surface area contributed by atoms with Gasteiger partial charge < -0.3 is 16.0 Å². The number of halogens is 1. The third kappa shape index (κ3) is 3.20. The van der Waals surface area contributed by atoms with Gasteiger partial charge in [-0.15, -0.1) is 0 Å². The zero-order valence-corrected chi connectivity index (χ0v) is 9.46. The lowest BCUT2D eigenvalue weighted by Crippen LogP contribution is -2.31. The lowest BCUT2D eigenvalue weighted by atomic mass is 10.1. The summed E-state index contributed by atoms with van der Waals surface area (Å²) in [4.78, 5) is 13.6. The van der Waals surface area contributed by atoms with Gasteiger partial charge in [0.2, 0.25) is 0 Å². The summed E-state index contributed by atoms with van der Waals surface area (Å²) in [5.41, 5.74) is 5.54. The first-order valence-electron chi connectivity index (χ1n) is 4.99. The van der Waals surface area contributed by atoms with Crippen molar-refractivity contribution in [3.05, 3.63) is 29.6 Å². The Hall–Kier alpha value is -1.62. The second-order valence-corrected chi connectivity index (χ2v) is 3.76. The van der Waals surface area contributed by atoms with E-state index in [1.165, 1.54) is 18.2 Å². The van der Waals surface area contributed by atoms with Gasteiger partial charge in [0.05, 0.1) is 11.3 Å². The summed E-state index contributed by atoms with van der Waals surface area (Å²) in [6.45, 7) is 1.22. The monoisotopic (exact) mass is 225 g/mol. The Morgan fingerprint density at radius 1 is 1.50 bits per heavy atom. The van der Waals surface area contributed by atoms with Crippen molar-refractivity contribution >= 4 is 11.6 Å². The highest BCUT2D eigenvalue weighted by Gasteiger charge is 2.11. The summed E-state index contributed by atoms with van der Waals surface area (Å²) in [5.74, 6) is -0.917. The minimum Gasteiger partial charge on any atom is -0.396 e. The molecule has 0 heterocycles. The van der Waals surface area contributed by atoms with Crippen molar-refractivity contribution in [2.45, 2.75) is 0 Å². The fourth-order valence-electron chi connectivity index (χ4n) is 1.22. The number of carbonyl (C=O) groups is 1. The van der Waals surface area contributed by atoms with Crippen molar-refractivity contribution in [3.8, 4) is 0 Å². The second-order valence-electron chi connectivity index (χ2n) is 3.76. The molecule has 1 aromatic carbocycles. The van der Waals surface area contributed by atoms with E-state index in [-0.39, 0.29) is 17.2 Å². The Bertz CT molecular complexity index is 379. The molecule has 0 saturated carbocycles. The van der Waals surface area contributed by atoms with E-state index in [1.807, 2.05) is 19.0 Å². The van der Waals surface area contributed by atoms with Crippen molar-refractivity contribution in [2.24, 2.45) is 0 Å². The predicted molar refractivity (Wildman–Crippen MR) is 61.7 cm³/mol. The Balaban J connectivity index is 2.63. The molecule has 5 heteroatoms. The van der Waals surface area contributed by atoms with Crippen LogP contribution in [0.15, 0.2) is 18.2 Å². The Labute approximate surface area is 94.2 Å². The number of benzene rings is 1. The van der Waals surface area contributed by atoms with E-state index in [2.05, 4.69) is 5.32 Å². The SMILES string of the molecule is CN(C)CCNC(=O)c1cccc(F)c1N. The molecular formula is C11H16FN3O. The highest BCUT2D eigenvalue weighted by Crippen LogP contribution is 2.15. The normalized spacial score (nSPS) is 10.5. The van der Waals surface area contributed by atoms with Crippen LogP contribution in [-0.4, -0.2) is 38.0 Å². The summed E-state index contributed by atoms with van der Waals surface area (Å²) in [6.07, 6.45) is 0. The van der Waals surface area contributed by atoms with E-state index in [0.717, 1.165) is 6.54 Å². The first kappa shape index (κ1) is 12.4. The van der Waals surface area contributed by atoms with Gasteiger partial charge in [0.15, 0.2) is 0 Å². The minimum absolute atomic E-state index is 0.107. The highest BCUT2D eigenvalue weighted by atomic mass is 19.1. The number of rotatable bonds is 4. The molecule has 0 aliphatic carbocycles. The summed E-state index contributed by atoms with van der Waals surface area (Å²) in [5, 5.41) is 2.67. The maximum absolute atomic E-state index is 13.1. The number of carbonyl (C=O) groups excluding carboxylic acids is 1. The molecule has 0 atom stereocenters. The molecule has 16 heavy (non-hydrogen) atoms. The fourth-order valence-corrected chi connectivity index (χ4v) is 1.22. The molecule has 4 nitrogen and oxygen atoms in total. The third-order valence-corrected chi connectivity index (χ3v) is 2.14. The number of hydrogen-bond acceptors (Lipinski definition) is 3. The molecule has 0 aliphatic heterocycles. The van der Waals surface area contributed by atoms with Gasteiger partial charge in [0.1, 0.15) is 5.82 Å². The van der Waals surface area contributed by atoms with Crippen LogP contribution in [0, 0.1) is 5.82 Å². The number of anilines is 1. The summed E-state index contributed by atoms with van der Waals surface area (Å²) in [6, 6.07) is 4.20. The van der Waals surface area contributed by atoms with Gasteiger partial charge >= 0.3 is 0 Å². The van der Waals surface area contributed by atoms with Crippen molar-refractivity contribution < 1.29 is 9.18 Å². The number of likely N-dealkylation sites (N-methyl/N-ethyl adjacent to an activating group) is 1. The Morgan fingerprint density at radius 2 is 2.19 bits per heavy atom. The predicted octanol–water partition coefficient (Wildman–Crippen LogP) is 0.699. The van der Waals surface area contributed by atoms with Gasteiger partial charge in [-0.25, -0.2) is 4.39 Å². The van der Waals surface area contributed by atoms with Crippen LogP contribution in [0.2, 0.25) is 0 Å². The largest absolute Gasteiger partial charge is 0.396 e. The van der Waals surface area contributed by atoms with E-state index in [1.54, 1.807) is 0 Å². The van der Waals surface area contributed by atoms with Gasteiger partial charge in [-0.05, 0) is 26.2 Å². The number of para-hydroxylation sites is 1. The zero-order chi connectivity index (χ0) is 12.1. The zero-order valence-electron chi connectivity index (χ0n) is 9.46. The van der Waals surface area contributed by atoms with E-state index in [0.29, 0.717) is 6.54 Å². The standard InChI is InChI=1S/C11H16FN3O/c1-15(2)7-6-14-11(16)8-4-3-5-9(12)10(8)13/h3-5H,6-7,13H2,1-2H3,(H,14,16). The molecule has 1 rings (SSSR count). The quantitative estimate of drug-likeness (QED) is 0.742. The van der Waals surface area contributed by atoms with Crippen molar-refractivity contribution in [1.82, 2.24) is 10.2 Å². The molecule has 3 N–H and O–H groups in total. The molecule has 1 amide bonds. The van der Waals surface area contributed by atoms with E-state index in [9.17, 15) is 9.18 Å². The maximum atomic E-state index is 13.1. The van der Waals surface area contributed by atoms with Crippen molar-refractivity contribution in [1.29, 1.82) is 0 Å². The maximum Gasteiger partial charge on any atom is 0.253 e. The molecule has 88 valence electrons. The van der Waals surface area contributed by atoms with Gasteiger partial charge in [0.25, 0.3) is 5.91 Å². The van der Waals surface area contributed by atoms with Crippen molar-refractivity contribution in [3.63, 3.8) is 0 Å². The van der Waals surface area contributed by atoms with Crippen LogP contribution >= 0.6 is 0 Å². The summed E-state index contributed by atoms with van der Waals surface area (Å²) >= 11 is 0. The molecular weight excluding hydrogens is 209 g/mol. The first-order valence-corrected chi connectivity index (χ1v) is 4.99. The van der Waals surface area contributed by atoms with Crippen LogP contribution in [0.25, 0.3) is 0 Å². The number of nitrogens with two attached hydrogens (primary N) is 1. The number of nitrogens with one attached hydrogen (secondary N) is 1. The Morgan fingerprint density at radius 3 is 2.81 bits per heavy atom. The van der Waals surface area contributed by atoms with Gasteiger partial charge in [0, 0.05) is 13.1 Å². The summed E-state index contributed by atoms with van der Waals surface area (Å²) < 4.78 is 13.1. The lowest BCUT2D eigenvalue weighted by Gasteiger charge is -2.11. The second kappa shape index (κ2) is 5.46. The molecule has 0 unspecified atom stereocenters. The highest BCUT2D eigenvalue weighted by molar-refractivity contribution is 5.99. The van der Waals surface area contributed by atoms with Gasteiger partial charge in [-0.2, -0.15) is 0 Å². The van der Waals surface area contributed by atoms with Crippen LogP contribution in [0.3, 0.4) is 0 Å². The van der Waals surface area contributed by atoms with E-state index in [4.69, 9.17) is 5.73 Å².